The van der Waals surface area contributed by atoms with Crippen molar-refractivity contribution in [1.29, 1.82) is 0 Å². The van der Waals surface area contributed by atoms with Gasteiger partial charge >= 0.3 is 5.97 Å². The number of ether oxygens (including phenoxy) is 1. The van der Waals surface area contributed by atoms with Crippen molar-refractivity contribution >= 4 is 23.5 Å². The van der Waals surface area contributed by atoms with Crippen molar-refractivity contribution in [2.24, 2.45) is 0 Å². The van der Waals surface area contributed by atoms with Crippen LogP contribution in [0.1, 0.15) is 35.7 Å². The Bertz CT molecular complexity index is 851. The number of nitrogens with zero attached hydrogens (tertiary/aromatic N) is 1. The lowest BCUT2D eigenvalue weighted by Gasteiger charge is -2.19. The summed E-state index contributed by atoms with van der Waals surface area (Å²) < 4.78 is 5.13. The zero-order valence-corrected chi connectivity index (χ0v) is 15.9. The lowest BCUT2D eigenvalue weighted by atomic mass is 10.1. The first kappa shape index (κ1) is 19.6. The zero-order valence-electron chi connectivity index (χ0n) is 15.9. The largest absolute Gasteiger partial charge is 0.464 e. The number of carbonyl (C=O) groups is 3. The van der Waals surface area contributed by atoms with Crippen LogP contribution < -0.4 is 10.2 Å². The monoisotopic (exact) mass is 380 g/mol. The van der Waals surface area contributed by atoms with Crippen molar-refractivity contribution in [1.82, 2.24) is 5.32 Å². The molecule has 1 aliphatic heterocycles. The summed E-state index contributed by atoms with van der Waals surface area (Å²) >= 11 is 0. The molecule has 1 heterocycles. The third kappa shape index (κ3) is 4.76. The SMILES string of the molecule is CCOC(=O)C(Cc1ccccc1)NC(=O)c1cccc(N2CCCC2=O)c1. The van der Waals surface area contributed by atoms with E-state index in [1.54, 1.807) is 30.0 Å². The van der Waals surface area contributed by atoms with E-state index in [-0.39, 0.29) is 18.4 Å². The maximum absolute atomic E-state index is 12.8. The number of carbonyl (C=O) groups excluding carboxylic acids is 3. The molecule has 0 radical (unpaired) electrons. The van der Waals surface area contributed by atoms with Gasteiger partial charge in [-0.3, -0.25) is 9.59 Å². The van der Waals surface area contributed by atoms with Crippen LogP contribution >= 0.6 is 0 Å². The average Bonchev–Trinajstić information content (AvgIpc) is 3.14. The van der Waals surface area contributed by atoms with E-state index in [2.05, 4.69) is 5.32 Å². The predicted octanol–water partition coefficient (Wildman–Crippen LogP) is 2.72. The topological polar surface area (TPSA) is 75.7 Å². The maximum Gasteiger partial charge on any atom is 0.328 e. The molecule has 6 heteroatoms. The van der Waals surface area contributed by atoms with Crippen LogP contribution in [0.15, 0.2) is 54.6 Å². The van der Waals surface area contributed by atoms with E-state index in [4.69, 9.17) is 4.74 Å². The molecule has 146 valence electrons. The Kier molecular flexibility index (Phi) is 6.42. The second kappa shape index (κ2) is 9.17. The molecule has 1 atom stereocenters. The molecule has 1 unspecified atom stereocenters. The highest BCUT2D eigenvalue weighted by Crippen LogP contribution is 2.22. The fourth-order valence-electron chi connectivity index (χ4n) is 3.26. The fourth-order valence-corrected chi connectivity index (χ4v) is 3.26. The smallest absolute Gasteiger partial charge is 0.328 e. The minimum atomic E-state index is -0.785. The lowest BCUT2D eigenvalue weighted by Crippen LogP contribution is -2.43. The van der Waals surface area contributed by atoms with Crippen LogP contribution in [0.5, 0.6) is 0 Å². The molecular formula is C22H24N2O4. The van der Waals surface area contributed by atoms with Gasteiger partial charge in [-0.2, -0.15) is 0 Å². The molecule has 0 aliphatic carbocycles. The predicted molar refractivity (Wildman–Crippen MR) is 106 cm³/mol. The summed E-state index contributed by atoms with van der Waals surface area (Å²) in [5.41, 5.74) is 2.03. The molecule has 1 aliphatic rings. The number of nitrogens with one attached hydrogen (secondary N) is 1. The Balaban J connectivity index is 1.75. The highest BCUT2D eigenvalue weighted by atomic mass is 16.5. The standard InChI is InChI=1S/C22H24N2O4/c1-2-28-22(27)19(14-16-8-4-3-5-9-16)23-21(26)17-10-6-11-18(15-17)24-13-7-12-20(24)25/h3-6,8-11,15,19H,2,7,12-14H2,1H3,(H,23,26). The summed E-state index contributed by atoms with van der Waals surface area (Å²) in [6.45, 7) is 2.63. The van der Waals surface area contributed by atoms with Gasteiger partial charge in [-0.1, -0.05) is 36.4 Å². The first-order chi connectivity index (χ1) is 13.6. The van der Waals surface area contributed by atoms with Crippen LogP contribution in [-0.2, 0) is 20.7 Å². The Morgan fingerprint density at radius 3 is 2.61 bits per heavy atom. The quantitative estimate of drug-likeness (QED) is 0.750. The number of hydrogen-bond donors (Lipinski definition) is 1. The first-order valence-electron chi connectivity index (χ1n) is 9.50. The third-order valence-corrected chi connectivity index (χ3v) is 4.65. The van der Waals surface area contributed by atoms with Crippen LogP contribution in [-0.4, -0.2) is 37.0 Å². The van der Waals surface area contributed by atoms with E-state index in [0.717, 1.165) is 12.0 Å². The van der Waals surface area contributed by atoms with Gasteiger partial charge in [0.25, 0.3) is 5.91 Å². The van der Waals surface area contributed by atoms with Crippen molar-refractivity contribution in [2.45, 2.75) is 32.2 Å². The molecule has 0 aromatic heterocycles. The molecule has 6 nitrogen and oxygen atoms in total. The molecule has 0 bridgehead atoms. The average molecular weight is 380 g/mol. The van der Waals surface area contributed by atoms with Gasteiger partial charge in [0.2, 0.25) is 5.91 Å². The number of anilines is 1. The fraction of sp³-hybridized carbons (Fsp3) is 0.318. The molecule has 2 amide bonds. The van der Waals surface area contributed by atoms with Crippen molar-refractivity contribution in [2.75, 3.05) is 18.1 Å². The summed E-state index contributed by atoms with van der Waals surface area (Å²) in [6.07, 6.45) is 1.69. The number of benzene rings is 2. The summed E-state index contributed by atoms with van der Waals surface area (Å²) in [7, 11) is 0. The molecule has 0 saturated carbocycles. The molecule has 1 saturated heterocycles. The normalized spacial score (nSPS) is 14.6. The van der Waals surface area contributed by atoms with E-state index in [0.29, 0.717) is 30.6 Å². The Morgan fingerprint density at radius 1 is 1.14 bits per heavy atom. The Hall–Kier alpha value is -3.15. The molecule has 1 fully saturated rings. The van der Waals surface area contributed by atoms with Gasteiger partial charge < -0.3 is 15.0 Å². The van der Waals surface area contributed by atoms with Crippen LogP contribution in [0.25, 0.3) is 0 Å². The molecule has 28 heavy (non-hydrogen) atoms. The number of esters is 1. The highest BCUT2D eigenvalue weighted by molar-refractivity contribution is 6.00. The molecule has 2 aromatic carbocycles. The minimum Gasteiger partial charge on any atom is -0.464 e. The Labute approximate surface area is 164 Å². The highest BCUT2D eigenvalue weighted by Gasteiger charge is 2.25. The second-order valence-electron chi connectivity index (χ2n) is 6.67. The molecular weight excluding hydrogens is 356 g/mol. The molecule has 3 rings (SSSR count). The molecule has 1 N–H and O–H groups in total. The number of amides is 2. The van der Waals surface area contributed by atoms with Gasteiger partial charge in [-0.05, 0) is 37.1 Å². The molecule has 0 spiro atoms. The van der Waals surface area contributed by atoms with Crippen LogP contribution in [0.4, 0.5) is 5.69 Å². The minimum absolute atomic E-state index is 0.0611. The first-order valence-corrected chi connectivity index (χ1v) is 9.50. The van der Waals surface area contributed by atoms with Gasteiger partial charge in [0.15, 0.2) is 0 Å². The van der Waals surface area contributed by atoms with E-state index in [9.17, 15) is 14.4 Å². The van der Waals surface area contributed by atoms with Gasteiger partial charge in [0.1, 0.15) is 6.04 Å². The zero-order chi connectivity index (χ0) is 19.9. The third-order valence-electron chi connectivity index (χ3n) is 4.65. The summed E-state index contributed by atoms with van der Waals surface area (Å²) in [4.78, 5) is 38.8. The lowest BCUT2D eigenvalue weighted by molar-refractivity contribution is -0.145. The number of hydrogen-bond acceptors (Lipinski definition) is 4. The Morgan fingerprint density at radius 2 is 1.93 bits per heavy atom. The van der Waals surface area contributed by atoms with Gasteiger partial charge in [-0.15, -0.1) is 0 Å². The second-order valence-corrected chi connectivity index (χ2v) is 6.67. The van der Waals surface area contributed by atoms with Crippen LogP contribution in [0.2, 0.25) is 0 Å². The van der Waals surface area contributed by atoms with Gasteiger partial charge in [0, 0.05) is 30.6 Å². The summed E-state index contributed by atoms with van der Waals surface area (Å²) in [5.74, 6) is -0.779. The van der Waals surface area contributed by atoms with Crippen molar-refractivity contribution in [3.05, 3.63) is 65.7 Å². The summed E-state index contributed by atoms with van der Waals surface area (Å²) in [6, 6.07) is 15.6. The van der Waals surface area contributed by atoms with E-state index >= 15 is 0 Å². The van der Waals surface area contributed by atoms with Crippen molar-refractivity contribution < 1.29 is 19.1 Å². The van der Waals surface area contributed by atoms with E-state index in [1.807, 2.05) is 36.4 Å². The van der Waals surface area contributed by atoms with Crippen molar-refractivity contribution in [3.8, 4) is 0 Å². The van der Waals surface area contributed by atoms with Crippen LogP contribution in [0, 0.1) is 0 Å². The van der Waals surface area contributed by atoms with Gasteiger partial charge in [-0.25, -0.2) is 4.79 Å². The van der Waals surface area contributed by atoms with E-state index < -0.39 is 12.0 Å². The maximum atomic E-state index is 12.8. The van der Waals surface area contributed by atoms with E-state index in [1.165, 1.54) is 0 Å². The number of rotatable bonds is 7. The summed E-state index contributed by atoms with van der Waals surface area (Å²) in [5, 5.41) is 2.78. The molecule has 2 aromatic rings. The van der Waals surface area contributed by atoms with Crippen LogP contribution in [0.3, 0.4) is 0 Å². The van der Waals surface area contributed by atoms with Gasteiger partial charge in [0.05, 0.1) is 6.61 Å². The van der Waals surface area contributed by atoms with Crippen molar-refractivity contribution in [3.63, 3.8) is 0 Å².